The van der Waals surface area contributed by atoms with E-state index in [9.17, 15) is 4.79 Å². The maximum absolute atomic E-state index is 12.7. The number of nitrogen functional groups attached to an aromatic ring is 1. The highest BCUT2D eigenvalue weighted by molar-refractivity contribution is 5.94. The third-order valence-corrected chi connectivity index (χ3v) is 5.90. The molecular formula is C22H28N4O. The smallest absolute Gasteiger partial charge is 0.253 e. The van der Waals surface area contributed by atoms with Crippen LogP contribution in [0.2, 0.25) is 0 Å². The average Bonchev–Trinajstić information content (AvgIpc) is 2.68. The number of nitrogens with two attached hydrogens (primary N) is 1. The first kappa shape index (κ1) is 17.8. The van der Waals surface area contributed by atoms with Crippen LogP contribution in [0.1, 0.15) is 60.1 Å². The molecule has 2 aromatic rings. The Morgan fingerprint density at radius 3 is 2.74 bits per heavy atom. The fourth-order valence-corrected chi connectivity index (χ4v) is 4.17. The van der Waals surface area contributed by atoms with Gasteiger partial charge >= 0.3 is 0 Å². The van der Waals surface area contributed by atoms with Crippen LogP contribution in [0, 0.1) is 5.92 Å². The largest absolute Gasteiger partial charge is 0.399 e. The number of rotatable bonds is 3. The maximum atomic E-state index is 12.7. The van der Waals surface area contributed by atoms with Crippen LogP contribution in [0.4, 0.5) is 11.5 Å². The molecule has 1 aliphatic heterocycles. The molecule has 3 N–H and O–H groups in total. The standard InChI is InChI=1S/C22H28N4O/c1-15-9-11-26(12-10-15)21-8-5-17(14-24-21)22(27)25-20-4-2-3-16-13-18(23)6-7-19(16)20/h5-8,13-15,20H,2-4,9-12,23H2,1H3,(H,25,27). The van der Waals surface area contributed by atoms with Gasteiger partial charge in [-0.1, -0.05) is 13.0 Å². The minimum Gasteiger partial charge on any atom is -0.399 e. The van der Waals surface area contributed by atoms with E-state index in [0.29, 0.717) is 5.56 Å². The van der Waals surface area contributed by atoms with Crippen molar-refractivity contribution in [2.24, 2.45) is 5.92 Å². The first-order chi connectivity index (χ1) is 13.1. The normalized spacial score (nSPS) is 20.2. The minimum absolute atomic E-state index is 0.0464. The van der Waals surface area contributed by atoms with E-state index in [2.05, 4.69) is 22.1 Å². The van der Waals surface area contributed by atoms with Crippen molar-refractivity contribution in [2.75, 3.05) is 23.7 Å². The highest BCUT2D eigenvalue weighted by atomic mass is 16.1. The molecule has 1 saturated heterocycles. The zero-order chi connectivity index (χ0) is 18.8. The molecule has 2 heterocycles. The van der Waals surface area contributed by atoms with Gasteiger partial charge in [0.15, 0.2) is 0 Å². The van der Waals surface area contributed by atoms with Crippen LogP contribution in [-0.2, 0) is 6.42 Å². The Hall–Kier alpha value is -2.56. The zero-order valence-corrected chi connectivity index (χ0v) is 15.9. The molecule has 4 rings (SSSR count). The summed E-state index contributed by atoms with van der Waals surface area (Å²) in [6, 6.07) is 9.91. The van der Waals surface area contributed by atoms with E-state index in [1.54, 1.807) is 6.20 Å². The molecular weight excluding hydrogens is 336 g/mol. The quantitative estimate of drug-likeness (QED) is 0.815. The number of pyridine rings is 1. The fourth-order valence-electron chi connectivity index (χ4n) is 4.17. The monoisotopic (exact) mass is 364 g/mol. The van der Waals surface area contributed by atoms with Gasteiger partial charge in [0.05, 0.1) is 11.6 Å². The van der Waals surface area contributed by atoms with Gasteiger partial charge in [-0.05, 0) is 73.4 Å². The number of amides is 1. The molecule has 5 nitrogen and oxygen atoms in total. The number of aromatic nitrogens is 1. The number of nitrogens with one attached hydrogen (secondary N) is 1. The first-order valence-corrected chi connectivity index (χ1v) is 10.0. The Balaban J connectivity index is 1.43. The molecule has 1 aromatic heterocycles. The molecule has 1 aliphatic carbocycles. The number of piperidine rings is 1. The second-order valence-corrected chi connectivity index (χ2v) is 7.95. The predicted molar refractivity (Wildman–Crippen MR) is 109 cm³/mol. The number of hydrogen-bond acceptors (Lipinski definition) is 4. The summed E-state index contributed by atoms with van der Waals surface area (Å²) in [4.78, 5) is 19.6. The highest BCUT2D eigenvalue weighted by Crippen LogP contribution is 2.31. The van der Waals surface area contributed by atoms with Crippen molar-refractivity contribution in [3.63, 3.8) is 0 Å². The SMILES string of the molecule is CC1CCN(c2ccc(C(=O)NC3CCCc4cc(N)ccc43)cn2)CC1. The number of fused-ring (bicyclic) bond motifs is 1. The highest BCUT2D eigenvalue weighted by Gasteiger charge is 2.23. The number of aryl methyl sites for hydroxylation is 1. The summed E-state index contributed by atoms with van der Waals surface area (Å²) in [5.74, 6) is 1.70. The number of hydrogen-bond donors (Lipinski definition) is 2. The van der Waals surface area contributed by atoms with Gasteiger partial charge in [0.2, 0.25) is 0 Å². The summed E-state index contributed by atoms with van der Waals surface area (Å²) in [5, 5.41) is 3.18. The summed E-state index contributed by atoms with van der Waals surface area (Å²) < 4.78 is 0. The summed E-state index contributed by atoms with van der Waals surface area (Å²) in [5.41, 5.74) is 9.75. The molecule has 1 aromatic carbocycles. The third-order valence-electron chi connectivity index (χ3n) is 5.90. The summed E-state index contributed by atoms with van der Waals surface area (Å²) in [7, 11) is 0. The Morgan fingerprint density at radius 2 is 2.00 bits per heavy atom. The number of nitrogens with zero attached hydrogens (tertiary/aromatic N) is 2. The van der Waals surface area contributed by atoms with Gasteiger partial charge in [-0.2, -0.15) is 0 Å². The Kier molecular flexibility index (Phi) is 5.01. The molecule has 1 amide bonds. The van der Waals surface area contributed by atoms with Crippen molar-refractivity contribution in [3.8, 4) is 0 Å². The van der Waals surface area contributed by atoms with E-state index >= 15 is 0 Å². The van der Waals surface area contributed by atoms with Crippen molar-refractivity contribution >= 4 is 17.4 Å². The number of carbonyl (C=O) groups excluding carboxylic acids is 1. The third kappa shape index (κ3) is 3.92. The molecule has 1 unspecified atom stereocenters. The van der Waals surface area contributed by atoms with Gasteiger partial charge in [-0.15, -0.1) is 0 Å². The zero-order valence-electron chi connectivity index (χ0n) is 15.9. The molecule has 142 valence electrons. The second-order valence-electron chi connectivity index (χ2n) is 7.95. The lowest BCUT2D eigenvalue weighted by atomic mass is 9.87. The van der Waals surface area contributed by atoms with Crippen LogP contribution in [0.5, 0.6) is 0 Å². The molecule has 0 radical (unpaired) electrons. The number of carbonyl (C=O) groups is 1. The summed E-state index contributed by atoms with van der Waals surface area (Å²) >= 11 is 0. The van der Waals surface area contributed by atoms with E-state index in [0.717, 1.165) is 49.8 Å². The second kappa shape index (κ2) is 7.59. The van der Waals surface area contributed by atoms with Crippen molar-refractivity contribution in [2.45, 2.75) is 45.1 Å². The lowest BCUT2D eigenvalue weighted by Crippen LogP contribution is -2.33. The van der Waals surface area contributed by atoms with E-state index in [1.165, 1.54) is 24.0 Å². The van der Waals surface area contributed by atoms with Gasteiger partial charge < -0.3 is 16.0 Å². The minimum atomic E-state index is -0.0593. The first-order valence-electron chi connectivity index (χ1n) is 10.0. The average molecular weight is 364 g/mol. The molecule has 0 saturated carbocycles. The topological polar surface area (TPSA) is 71.2 Å². The van der Waals surface area contributed by atoms with E-state index in [1.807, 2.05) is 30.3 Å². The lowest BCUT2D eigenvalue weighted by Gasteiger charge is -2.31. The maximum Gasteiger partial charge on any atom is 0.253 e. The van der Waals surface area contributed by atoms with Crippen LogP contribution < -0.4 is 16.0 Å². The van der Waals surface area contributed by atoms with Crippen molar-refractivity contribution in [3.05, 3.63) is 53.2 Å². The van der Waals surface area contributed by atoms with Crippen molar-refractivity contribution in [1.82, 2.24) is 10.3 Å². The van der Waals surface area contributed by atoms with Crippen molar-refractivity contribution in [1.29, 1.82) is 0 Å². The predicted octanol–water partition coefficient (Wildman–Crippen LogP) is 3.71. The van der Waals surface area contributed by atoms with Crippen LogP contribution >= 0.6 is 0 Å². The Labute approximate surface area is 161 Å². The Bertz CT molecular complexity index is 810. The molecule has 5 heteroatoms. The molecule has 2 aliphatic rings. The molecule has 0 bridgehead atoms. The van der Waals surface area contributed by atoms with Gasteiger partial charge in [-0.25, -0.2) is 4.98 Å². The van der Waals surface area contributed by atoms with Gasteiger partial charge in [-0.3, -0.25) is 4.79 Å². The summed E-state index contributed by atoms with van der Waals surface area (Å²) in [6.45, 7) is 4.39. The fraction of sp³-hybridized carbons (Fsp3) is 0.455. The van der Waals surface area contributed by atoms with E-state index in [4.69, 9.17) is 5.73 Å². The van der Waals surface area contributed by atoms with Crippen molar-refractivity contribution < 1.29 is 4.79 Å². The van der Waals surface area contributed by atoms with Gasteiger partial charge in [0, 0.05) is 25.0 Å². The summed E-state index contributed by atoms with van der Waals surface area (Å²) in [6.07, 6.45) is 7.16. The molecule has 27 heavy (non-hydrogen) atoms. The molecule has 1 atom stereocenters. The van der Waals surface area contributed by atoms with Gasteiger partial charge in [0.25, 0.3) is 5.91 Å². The molecule has 1 fully saturated rings. The van der Waals surface area contributed by atoms with E-state index in [-0.39, 0.29) is 11.9 Å². The number of anilines is 2. The Morgan fingerprint density at radius 1 is 1.19 bits per heavy atom. The lowest BCUT2D eigenvalue weighted by molar-refractivity contribution is 0.0932. The number of benzene rings is 1. The van der Waals surface area contributed by atoms with Gasteiger partial charge in [0.1, 0.15) is 5.82 Å². The van der Waals surface area contributed by atoms with E-state index < -0.39 is 0 Å². The van der Waals surface area contributed by atoms with Crippen LogP contribution in [0.25, 0.3) is 0 Å². The van der Waals surface area contributed by atoms with Crippen LogP contribution in [-0.4, -0.2) is 24.0 Å². The van der Waals surface area contributed by atoms with Crippen LogP contribution in [0.3, 0.4) is 0 Å². The van der Waals surface area contributed by atoms with Crippen LogP contribution in [0.15, 0.2) is 36.5 Å². The molecule has 0 spiro atoms.